The Labute approximate surface area is 104 Å². The molecule has 1 fully saturated rings. The Balaban J connectivity index is 2.02. The molecule has 2 rings (SSSR count). The van der Waals surface area contributed by atoms with Gasteiger partial charge in [-0.05, 0) is 38.7 Å². The van der Waals surface area contributed by atoms with Gasteiger partial charge < -0.3 is 15.1 Å². The molecule has 1 N–H and O–H groups in total. The van der Waals surface area contributed by atoms with Gasteiger partial charge in [0, 0.05) is 37.9 Å². The van der Waals surface area contributed by atoms with Crippen LogP contribution in [0.4, 0.5) is 5.69 Å². The van der Waals surface area contributed by atoms with Gasteiger partial charge in [-0.3, -0.25) is 0 Å². The molecule has 0 amide bonds. The van der Waals surface area contributed by atoms with E-state index in [-0.39, 0.29) is 0 Å². The normalized spacial score (nSPS) is 20.9. The summed E-state index contributed by atoms with van der Waals surface area (Å²) >= 11 is 0. The number of benzene rings is 1. The van der Waals surface area contributed by atoms with Crippen LogP contribution in [0, 0.1) is 6.92 Å². The summed E-state index contributed by atoms with van der Waals surface area (Å²) in [5.74, 6) is 0. The second-order valence-electron chi connectivity index (χ2n) is 5.20. The minimum Gasteiger partial charge on any atom is -0.369 e. The lowest BCUT2D eigenvalue weighted by Crippen LogP contribution is -2.54. The van der Waals surface area contributed by atoms with Gasteiger partial charge in [-0.1, -0.05) is 12.1 Å². The summed E-state index contributed by atoms with van der Waals surface area (Å²) < 4.78 is 0. The molecule has 1 aromatic rings. The van der Waals surface area contributed by atoms with Crippen molar-refractivity contribution >= 4 is 5.69 Å². The van der Waals surface area contributed by atoms with Crippen LogP contribution in [0.1, 0.15) is 5.56 Å². The average molecular weight is 233 g/mol. The Morgan fingerprint density at radius 3 is 2.94 bits per heavy atom. The van der Waals surface area contributed by atoms with Crippen LogP contribution in [0.25, 0.3) is 0 Å². The van der Waals surface area contributed by atoms with Crippen molar-refractivity contribution in [1.82, 2.24) is 10.2 Å². The van der Waals surface area contributed by atoms with Gasteiger partial charge >= 0.3 is 0 Å². The van der Waals surface area contributed by atoms with E-state index in [1.807, 2.05) is 0 Å². The summed E-state index contributed by atoms with van der Waals surface area (Å²) in [7, 11) is 4.26. The van der Waals surface area contributed by atoms with Gasteiger partial charge in [0.1, 0.15) is 0 Å². The number of rotatable bonds is 3. The standard InChI is InChI=1S/C14H23N3/c1-12-5-4-6-14(9-12)17-8-7-15-13(11-17)10-16(2)3/h4-6,9,13,15H,7-8,10-11H2,1-3H3. The van der Waals surface area contributed by atoms with E-state index < -0.39 is 0 Å². The minimum absolute atomic E-state index is 0.569. The maximum Gasteiger partial charge on any atom is 0.0371 e. The molecule has 0 saturated carbocycles. The number of anilines is 1. The second kappa shape index (κ2) is 5.52. The van der Waals surface area contributed by atoms with Gasteiger partial charge in [-0.25, -0.2) is 0 Å². The lowest BCUT2D eigenvalue weighted by Gasteiger charge is -2.36. The van der Waals surface area contributed by atoms with Crippen LogP contribution in [0.2, 0.25) is 0 Å². The summed E-state index contributed by atoms with van der Waals surface area (Å²) in [6, 6.07) is 9.36. The maximum atomic E-state index is 3.58. The molecule has 3 heteroatoms. The van der Waals surface area contributed by atoms with E-state index in [1.54, 1.807) is 0 Å². The highest BCUT2D eigenvalue weighted by atomic mass is 15.2. The molecule has 1 unspecified atom stereocenters. The number of nitrogens with one attached hydrogen (secondary N) is 1. The van der Waals surface area contributed by atoms with Crippen LogP contribution in [-0.4, -0.2) is 51.2 Å². The van der Waals surface area contributed by atoms with Crippen molar-refractivity contribution in [3.63, 3.8) is 0 Å². The van der Waals surface area contributed by atoms with Crippen molar-refractivity contribution in [3.05, 3.63) is 29.8 Å². The first kappa shape index (κ1) is 12.4. The van der Waals surface area contributed by atoms with Crippen LogP contribution < -0.4 is 10.2 Å². The highest BCUT2D eigenvalue weighted by Gasteiger charge is 2.19. The number of hydrogen-bond donors (Lipinski definition) is 1. The van der Waals surface area contributed by atoms with E-state index in [4.69, 9.17) is 0 Å². The molecular weight excluding hydrogens is 210 g/mol. The highest BCUT2D eigenvalue weighted by Crippen LogP contribution is 2.17. The minimum atomic E-state index is 0.569. The smallest absolute Gasteiger partial charge is 0.0371 e. The molecule has 1 saturated heterocycles. The molecule has 94 valence electrons. The maximum absolute atomic E-state index is 3.58. The van der Waals surface area contributed by atoms with Gasteiger partial charge in [0.25, 0.3) is 0 Å². The predicted molar refractivity (Wildman–Crippen MR) is 73.7 cm³/mol. The van der Waals surface area contributed by atoms with Crippen molar-refractivity contribution in [2.75, 3.05) is 45.2 Å². The van der Waals surface area contributed by atoms with Crippen LogP contribution in [0.3, 0.4) is 0 Å². The molecule has 1 heterocycles. The number of nitrogens with zero attached hydrogens (tertiary/aromatic N) is 2. The molecule has 1 aromatic carbocycles. The van der Waals surface area contributed by atoms with E-state index in [1.165, 1.54) is 11.3 Å². The molecule has 0 spiro atoms. The van der Waals surface area contributed by atoms with Gasteiger partial charge in [-0.15, -0.1) is 0 Å². The Hall–Kier alpha value is -1.06. The number of piperazine rings is 1. The molecule has 17 heavy (non-hydrogen) atoms. The van der Waals surface area contributed by atoms with Crippen LogP contribution >= 0.6 is 0 Å². The van der Waals surface area contributed by atoms with Crippen molar-refractivity contribution in [3.8, 4) is 0 Å². The third kappa shape index (κ3) is 3.45. The topological polar surface area (TPSA) is 18.5 Å². The Kier molecular flexibility index (Phi) is 4.02. The molecule has 3 nitrogen and oxygen atoms in total. The second-order valence-corrected chi connectivity index (χ2v) is 5.20. The molecule has 0 bridgehead atoms. The zero-order valence-corrected chi connectivity index (χ0v) is 11.1. The molecule has 1 aliphatic heterocycles. The van der Waals surface area contributed by atoms with Crippen molar-refractivity contribution in [1.29, 1.82) is 0 Å². The van der Waals surface area contributed by atoms with Gasteiger partial charge in [0.2, 0.25) is 0 Å². The fourth-order valence-electron chi connectivity index (χ4n) is 2.45. The first-order valence-corrected chi connectivity index (χ1v) is 6.35. The molecule has 0 aliphatic carbocycles. The highest BCUT2D eigenvalue weighted by molar-refractivity contribution is 5.49. The average Bonchev–Trinajstić information content (AvgIpc) is 2.28. The summed E-state index contributed by atoms with van der Waals surface area (Å²) in [5.41, 5.74) is 2.69. The van der Waals surface area contributed by atoms with E-state index in [9.17, 15) is 0 Å². The van der Waals surface area contributed by atoms with Crippen LogP contribution in [-0.2, 0) is 0 Å². The molecular formula is C14H23N3. The fraction of sp³-hybridized carbons (Fsp3) is 0.571. The Morgan fingerprint density at radius 2 is 2.24 bits per heavy atom. The summed E-state index contributed by atoms with van der Waals surface area (Å²) in [6.45, 7) is 6.53. The predicted octanol–water partition coefficient (Wildman–Crippen LogP) is 1.33. The Bertz CT molecular complexity index is 362. The van der Waals surface area contributed by atoms with E-state index in [0.29, 0.717) is 6.04 Å². The Morgan fingerprint density at radius 1 is 1.41 bits per heavy atom. The summed E-state index contributed by atoms with van der Waals surface area (Å²) in [5, 5.41) is 3.58. The largest absolute Gasteiger partial charge is 0.369 e. The zero-order chi connectivity index (χ0) is 12.3. The van der Waals surface area contributed by atoms with E-state index >= 15 is 0 Å². The quantitative estimate of drug-likeness (QED) is 0.850. The molecule has 0 aromatic heterocycles. The first-order valence-electron chi connectivity index (χ1n) is 6.35. The third-order valence-electron chi connectivity index (χ3n) is 3.21. The van der Waals surface area contributed by atoms with Gasteiger partial charge in [0.15, 0.2) is 0 Å². The monoisotopic (exact) mass is 233 g/mol. The zero-order valence-electron chi connectivity index (χ0n) is 11.1. The van der Waals surface area contributed by atoms with E-state index in [2.05, 4.69) is 60.4 Å². The van der Waals surface area contributed by atoms with Crippen molar-refractivity contribution in [2.45, 2.75) is 13.0 Å². The first-order chi connectivity index (χ1) is 8.15. The summed E-state index contributed by atoms with van der Waals surface area (Å²) in [4.78, 5) is 4.73. The number of aryl methyl sites for hydroxylation is 1. The molecule has 0 radical (unpaired) electrons. The SMILES string of the molecule is Cc1cccc(N2CCNC(CN(C)C)C2)c1. The number of likely N-dealkylation sites (N-methyl/N-ethyl adjacent to an activating group) is 1. The van der Waals surface area contributed by atoms with Crippen molar-refractivity contribution < 1.29 is 0 Å². The van der Waals surface area contributed by atoms with E-state index in [0.717, 1.165) is 26.2 Å². The third-order valence-corrected chi connectivity index (χ3v) is 3.21. The molecule has 1 atom stereocenters. The van der Waals surface area contributed by atoms with Crippen LogP contribution in [0.15, 0.2) is 24.3 Å². The summed E-state index contributed by atoms with van der Waals surface area (Å²) in [6.07, 6.45) is 0. The van der Waals surface area contributed by atoms with Crippen molar-refractivity contribution in [2.24, 2.45) is 0 Å². The lowest BCUT2D eigenvalue weighted by molar-refractivity contribution is 0.323. The fourth-order valence-corrected chi connectivity index (χ4v) is 2.45. The van der Waals surface area contributed by atoms with Crippen LogP contribution in [0.5, 0.6) is 0 Å². The van der Waals surface area contributed by atoms with Gasteiger partial charge in [-0.2, -0.15) is 0 Å². The van der Waals surface area contributed by atoms with Gasteiger partial charge in [0.05, 0.1) is 0 Å². The lowest BCUT2D eigenvalue weighted by atomic mass is 10.1. The number of hydrogen-bond acceptors (Lipinski definition) is 3. The molecule has 1 aliphatic rings.